The molecule has 1 aromatic heterocycles. The molecule has 2 aromatic rings. The summed E-state index contributed by atoms with van der Waals surface area (Å²) in [7, 11) is 2.01. The Balaban J connectivity index is 1.70. The van der Waals surface area contributed by atoms with E-state index in [-0.39, 0.29) is 11.9 Å². The normalized spacial score (nSPS) is 20.2. The van der Waals surface area contributed by atoms with Crippen molar-refractivity contribution in [1.82, 2.24) is 14.8 Å². The molecule has 0 radical (unpaired) electrons. The first-order chi connectivity index (χ1) is 12.6. The van der Waals surface area contributed by atoms with Crippen LogP contribution < -0.4 is 0 Å². The van der Waals surface area contributed by atoms with Crippen LogP contribution in [0.15, 0.2) is 54.9 Å². The fourth-order valence-corrected chi connectivity index (χ4v) is 3.48. The van der Waals surface area contributed by atoms with Crippen LogP contribution in [0, 0.1) is 0 Å². The quantitative estimate of drug-likeness (QED) is 0.893. The molecule has 1 aliphatic heterocycles. The maximum absolute atomic E-state index is 12.7. The number of carbonyl (C=O) groups excluding carboxylic acids is 1. The van der Waals surface area contributed by atoms with Gasteiger partial charge in [0.15, 0.2) is 0 Å². The minimum absolute atomic E-state index is 0.120. The summed E-state index contributed by atoms with van der Waals surface area (Å²) < 4.78 is 0. The van der Waals surface area contributed by atoms with Crippen LogP contribution in [-0.2, 0) is 11.3 Å². The first kappa shape index (κ1) is 18.1. The van der Waals surface area contributed by atoms with E-state index in [2.05, 4.69) is 22.0 Å². The number of piperidine rings is 1. The van der Waals surface area contributed by atoms with E-state index in [9.17, 15) is 14.7 Å². The van der Waals surface area contributed by atoms with Crippen molar-refractivity contribution in [2.45, 2.75) is 31.5 Å². The van der Waals surface area contributed by atoms with Gasteiger partial charge in [-0.15, -0.1) is 0 Å². The second-order valence-corrected chi connectivity index (χ2v) is 6.67. The zero-order valence-electron chi connectivity index (χ0n) is 14.8. The van der Waals surface area contributed by atoms with Gasteiger partial charge in [0.25, 0.3) is 5.91 Å². The van der Waals surface area contributed by atoms with Crippen molar-refractivity contribution < 1.29 is 14.7 Å². The highest BCUT2D eigenvalue weighted by atomic mass is 16.4. The van der Waals surface area contributed by atoms with Crippen LogP contribution in [0.4, 0.5) is 0 Å². The Hall–Kier alpha value is -2.73. The zero-order chi connectivity index (χ0) is 18.5. The molecule has 0 spiro atoms. The van der Waals surface area contributed by atoms with Gasteiger partial charge in [-0.05, 0) is 37.6 Å². The number of benzene rings is 1. The van der Waals surface area contributed by atoms with Gasteiger partial charge < -0.3 is 10.0 Å². The number of likely N-dealkylation sites (tertiary alicyclic amines) is 1. The van der Waals surface area contributed by atoms with Crippen molar-refractivity contribution in [3.05, 3.63) is 66.0 Å². The van der Waals surface area contributed by atoms with E-state index in [1.165, 1.54) is 16.7 Å². The number of carbonyl (C=O) groups is 2. The molecule has 1 aromatic carbocycles. The van der Waals surface area contributed by atoms with Gasteiger partial charge in [0, 0.05) is 31.5 Å². The number of hydrogen-bond acceptors (Lipinski definition) is 4. The van der Waals surface area contributed by atoms with E-state index in [0.29, 0.717) is 18.5 Å². The zero-order valence-corrected chi connectivity index (χ0v) is 14.8. The van der Waals surface area contributed by atoms with Crippen molar-refractivity contribution in [2.24, 2.45) is 0 Å². The lowest BCUT2D eigenvalue weighted by Gasteiger charge is -2.40. The second-order valence-electron chi connectivity index (χ2n) is 6.67. The van der Waals surface area contributed by atoms with Gasteiger partial charge >= 0.3 is 5.97 Å². The Morgan fingerprint density at radius 1 is 1.23 bits per heavy atom. The van der Waals surface area contributed by atoms with Crippen LogP contribution in [-0.4, -0.2) is 57.4 Å². The minimum atomic E-state index is -0.958. The Kier molecular flexibility index (Phi) is 5.63. The van der Waals surface area contributed by atoms with E-state index in [4.69, 9.17) is 0 Å². The molecular weight excluding hydrogens is 330 g/mol. The highest BCUT2D eigenvalue weighted by molar-refractivity contribution is 5.96. The van der Waals surface area contributed by atoms with Gasteiger partial charge in [0.1, 0.15) is 6.04 Å². The fraction of sp³-hybridized carbons (Fsp3) is 0.350. The number of aromatic nitrogens is 1. The number of pyridine rings is 1. The molecule has 136 valence electrons. The van der Waals surface area contributed by atoms with Crippen LogP contribution in [0.3, 0.4) is 0 Å². The maximum Gasteiger partial charge on any atom is 0.326 e. The van der Waals surface area contributed by atoms with E-state index in [1.807, 2.05) is 25.2 Å². The highest BCUT2D eigenvalue weighted by Crippen LogP contribution is 2.24. The smallest absolute Gasteiger partial charge is 0.326 e. The number of hydrogen-bond donors (Lipinski definition) is 1. The van der Waals surface area contributed by atoms with Crippen LogP contribution in [0.2, 0.25) is 0 Å². The Morgan fingerprint density at radius 2 is 2.00 bits per heavy atom. The lowest BCUT2D eigenvalue weighted by Crippen LogP contribution is -2.54. The monoisotopic (exact) mass is 353 g/mol. The summed E-state index contributed by atoms with van der Waals surface area (Å²) in [6.45, 7) is 1.18. The molecule has 1 aliphatic rings. The molecule has 1 amide bonds. The largest absolute Gasteiger partial charge is 0.480 e. The van der Waals surface area contributed by atoms with Crippen molar-refractivity contribution in [3.8, 4) is 0 Å². The molecule has 1 fully saturated rings. The SMILES string of the molecule is CN(Cc1ccccc1)[C@@H]1CCN(C(=O)c2cccnc2)[C@@H](C(=O)O)C1. The third-order valence-corrected chi connectivity index (χ3v) is 4.93. The average molecular weight is 353 g/mol. The summed E-state index contributed by atoms with van der Waals surface area (Å²) in [4.78, 5) is 32.1. The van der Waals surface area contributed by atoms with Crippen molar-refractivity contribution in [2.75, 3.05) is 13.6 Å². The number of carboxylic acid groups (broad SMARTS) is 1. The van der Waals surface area contributed by atoms with Gasteiger partial charge in [-0.3, -0.25) is 14.7 Å². The first-order valence-corrected chi connectivity index (χ1v) is 8.74. The van der Waals surface area contributed by atoms with Crippen LogP contribution in [0.1, 0.15) is 28.8 Å². The number of nitrogens with zero attached hydrogens (tertiary/aromatic N) is 3. The number of rotatable bonds is 5. The molecule has 0 saturated carbocycles. The van der Waals surface area contributed by atoms with Crippen LogP contribution in [0.25, 0.3) is 0 Å². The van der Waals surface area contributed by atoms with Crippen LogP contribution in [0.5, 0.6) is 0 Å². The lowest BCUT2D eigenvalue weighted by molar-refractivity contribution is -0.144. The lowest BCUT2D eigenvalue weighted by atomic mass is 9.95. The summed E-state index contributed by atoms with van der Waals surface area (Å²) in [5.41, 5.74) is 1.62. The van der Waals surface area contributed by atoms with E-state index < -0.39 is 12.0 Å². The van der Waals surface area contributed by atoms with Crippen molar-refractivity contribution in [3.63, 3.8) is 0 Å². The number of aliphatic carboxylic acids is 1. The van der Waals surface area contributed by atoms with Gasteiger partial charge in [-0.1, -0.05) is 30.3 Å². The summed E-state index contributed by atoms with van der Waals surface area (Å²) in [5, 5.41) is 9.67. The number of amides is 1. The van der Waals surface area contributed by atoms with Gasteiger partial charge in [0.05, 0.1) is 5.56 Å². The molecule has 0 unspecified atom stereocenters. The summed E-state index contributed by atoms with van der Waals surface area (Å²) in [6.07, 6.45) is 4.24. The predicted molar refractivity (Wildman–Crippen MR) is 97.6 cm³/mol. The van der Waals surface area contributed by atoms with E-state index >= 15 is 0 Å². The second kappa shape index (κ2) is 8.10. The van der Waals surface area contributed by atoms with Crippen molar-refractivity contribution in [1.29, 1.82) is 0 Å². The maximum atomic E-state index is 12.7. The molecule has 1 saturated heterocycles. The molecule has 0 bridgehead atoms. The molecule has 26 heavy (non-hydrogen) atoms. The topological polar surface area (TPSA) is 73.7 Å². The standard InChI is InChI=1S/C20H23N3O3/c1-22(14-15-6-3-2-4-7-15)17-9-11-23(18(12-17)20(25)26)19(24)16-8-5-10-21-13-16/h2-8,10,13,17-18H,9,11-12,14H2,1H3,(H,25,26)/t17-,18-/m1/s1. The van der Waals surface area contributed by atoms with E-state index in [1.54, 1.807) is 18.3 Å². The predicted octanol–water partition coefficient (Wildman–Crippen LogP) is 2.27. The molecule has 1 N–H and O–H groups in total. The molecule has 6 heteroatoms. The number of carboxylic acids is 1. The fourth-order valence-electron chi connectivity index (χ4n) is 3.48. The Bertz CT molecular complexity index is 751. The third-order valence-electron chi connectivity index (χ3n) is 4.93. The molecule has 3 rings (SSSR count). The average Bonchev–Trinajstić information content (AvgIpc) is 2.68. The van der Waals surface area contributed by atoms with Gasteiger partial charge in [-0.25, -0.2) is 4.79 Å². The molecular formula is C20H23N3O3. The molecule has 0 aliphatic carbocycles. The highest BCUT2D eigenvalue weighted by Gasteiger charge is 2.37. The van der Waals surface area contributed by atoms with Gasteiger partial charge in [0.2, 0.25) is 0 Å². The Morgan fingerprint density at radius 3 is 2.65 bits per heavy atom. The Labute approximate surface area is 153 Å². The third kappa shape index (κ3) is 4.08. The molecule has 6 nitrogen and oxygen atoms in total. The first-order valence-electron chi connectivity index (χ1n) is 8.74. The molecule has 2 atom stereocenters. The summed E-state index contributed by atoms with van der Waals surface area (Å²) >= 11 is 0. The summed E-state index contributed by atoms with van der Waals surface area (Å²) in [5.74, 6) is -1.23. The van der Waals surface area contributed by atoms with E-state index in [0.717, 1.165) is 13.0 Å². The van der Waals surface area contributed by atoms with Crippen molar-refractivity contribution >= 4 is 11.9 Å². The minimum Gasteiger partial charge on any atom is -0.480 e. The van der Waals surface area contributed by atoms with Crippen LogP contribution >= 0.6 is 0 Å². The molecule has 2 heterocycles. The summed E-state index contributed by atoms with van der Waals surface area (Å²) in [6, 6.07) is 12.8. The van der Waals surface area contributed by atoms with Gasteiger partial charge in [-0.2, -0.15) is 0 Å².